The maximum Gasteiger partial charge on any atom is 0.332 e. The molecule has 2 aromatic heterocycles. The number of carbonyl (C=O) groups excluding carboxylic acids is 1. The Bertz CT molecular complexity index is 671. The second-order valence-corrected chi connectivity index (χ2v) is 4.34. The van der Waals surface area contributed by atoms with Gasteiger partial charge in [-0.25, -0.2) is 9.78 Å². The van der Waals surface area contributed by atoms with Gasteiger partial charge in [0.1, 0.15) is 5.52 Å². The summed E-state index contributed by atoms with van der Waals surface area (Å²) in [4.78, 5) is 20.4. The number of pyridine rings is 1. The summed E-state index contributed by atoms with van der Waals surface area (Å²) in [6, 6.07) is 3.78. The van der Waals surface area contributed by atoms with Crippen LogP contribution in [0.1, 0.15) is 19.5 Å². The molecule has 0 bridgehead atoms. The molecule has 0 fully saturated rings. The fourth-order valence-corrected chi connectivity index (χ4v) is 1.90. The number of nitriles is 1. The van der Waals surface area contributed by atoms with Crippen molar-refractivity contribution in [3.63, 3.8) is 0 Å². The first-order valence-corrected chi connectivity index (χ1v) is 5.89. The number of fused-ring (bicyclic) bond motifs is 1. The minimum absolute atomic E-state index is 0.217. The van der Waals surface area contributed by atoms with Crippen molar-refractivity contribution in [2.24, 2.45) is 7.05 Å². The summed E-state index contributed by atoms with van der Waals surface area (Å²) in [5, 5.41) is 9.38. The van der Waals surface area contributed by atoms with Crippen LogP contribution in [0, 0.1) is 11.3 Å². The van der Waals surface area contributed by atoms with Gasteiger partial charge in [0.15, 0.2) is 5.41 Å². The van der Waals surface area contributed by atoms with Crippen LogP contribution in [-0.4, -0.2) is 27.1 Å². The summed E-state index contributed by atoms with van der Waals surface area (Å²) in [5.41, 5.74) is 0.230. The number of ether oxygens (including phenoxy) is 1. The van der Waals surface area contributed by atoms with Crippen molar-refractivity contribution in [3.8, 4) is 6.07 Å². The largest absolute Gasteiger partial charge is 0.465 e. The van der Waals surface area contributed by atoms with Crippen molar-refractivity contribution in [1.29, 1.82) is 5.26 Å². The Labute approximate surface area is 110 Å². The van der Waals surface area contributed by atoms with Crippen LogP contribution in [0.5, 0.6) is 0 Å². The van der Waals surface area contributed by atoms with E-state index >= 15 is 0 Å². The summed E-state index contributed by atoms with van der Waals surface area (Å²) >= 11 is 0. The summed E-state index contributed by atoms with van der Waals surface area (Å²) < 4.78 is 6.78. The van der Waals surface area contributed by atoms with E-state index in [-0.39, 0.29) is 6.61 Å². The molecule has 19 heavy (non-hydrogen) atoms. The lowest BCUT2D eigenvalue weighted by Gasteiger charge is -2.18. The number of carbonyl (C=O) groups is 1. The first-order valence-electron chi connectivity index (χ1n) is 5.89. The molecule has 2 aromatic rings. The predicted octanol–water partition coefficient (Wildman–Crippen LogP) is 1.31. The monoisotopic (exact) mass is 258 g/mol. The number of aromatic nitrogens is 3. The maximum atomic E-state index is 12.0. The minimum atomic E-state index is -1.45. The molecule has 0 saturated heterocycles. The lowest BCUT2D eigenvalue weighted by atomic mass is 9.87. The fourth-order valence-electron chi connectivity index (χ4n) is 1.90. The third-order valence-corrected chi connectivity index (χ3v) is 3.02. The molecule has 1 atom stereocenters. The van der Waals surface area contributed by atoms with Gasteiger partial charge >= 0.3 is 5.97 Å². The lowest BCUT2D eigenvalue weighted by molar-refractivity contribution is -0.147. The van der Waals surface area contributed by atoms with E-state index in [1.54, 1.807) is 25.5 Å². The van der Waals surface area contributed by atoms with Crippen molar-refractivity contribution >= 4 is 17.0 Å². The van der Waals surface area contributed by atoms with Gasteiger partial charge in [0, 0.05) is 13.2 Å². The number of aryl methyl sites for hydroxylation is 1. The number of hydrogen-bond acceptors (Lipinski definition) is 5. The number of imidazole rings is 1. The Kier molecular flexibility index (Phi) is 3.21. The molecule has 0 spiro atoms. The van der Waals surface area contributed by atoms with Crippen LogP contribution < -0.4 is 0 Å². The van der Waals surface area contributed by atoms with Crippen LogP contribution >= 0.6 is 0 Å². The Morgan fingerprint density at radius 3 is 2.95 bits per heavy atom. The molecule has 2 rings (SSSR count). The van der Waals surface area contributed by atoms with Crippen LogP contribution in [0.2, 0.25) is 0 Å². The predicted molar refractivity (Wildman–Crippen MR) is 68.1 cm³/mol. The van der Waals surface area contributed by atoms with E-state index in [1.807, 2.05) is 17.7 Å². The SMILES string of the molecule is CCOC(=O)C(C)(C#N)c1nccc2c1ncn2C. The van der Waals surface area contributed by atoms with Crippen molar-refractivity contribution < 1.29 is 9.53 Å². The maximum absolute atomic E-state index is 12.0. The van der Waals surface area contributed by atoms with Crippen LogP contribution in [0.15, 0.2) is 18.6 Å². The highest BCUT2D eigenvalue weighted by atomic mass is 16.5. The third-order valence-electron chi connectivity index (χ3n) is 3.02. The van der Waals surface area contributed by atoms with Crippen LogP contribution in [-0.2, 0) is 22.0 Å². The number of rotatable bonds is 3. The van der Waals surface area contributed by atoms with Crippen molar-refractivity contribution in [1.82, 2.24) is 14.5 Å². The molecular weight excluding hydrogens is 244 g/mol. The highest BCUT2D eigenvalue weighted by Gasteiger charge is 2.40. The molecule has 2 heterocycles. The van der Waals surface area contributed by atoms with E-state index in [0.717, 1.165) is 5.52 Å². The van der Waals surface area contributed by atoms with Crippen molar-refractivity contribution in [2.75, 3.05) is 6.61 Å². The fraction of sp³-hybridized carbons (Fsp3) is 0.385. The zero-order chi connectivity index (χ0) is 14.0. The second kappa shape index (κ2) is 4.69. The smallest absolute Gasteiger partial charge is 0.332 e. The molecule has 0 saturated carbocycles. The molecule has 0 aliphatic rings. The van der Waals surface area contributed by atoms with E-state index in [9.17, 15) is 10.1 Å². The van der Waals surface area contributed by atoms with Gasteiger partial charge in [-0.05, 0) is 19.9 Å². The highest BCUT2D eigenvalue weighted by Crippen LogP contribution is 2.28. The molecular formula is C13H14N4O2. The summed E-state index contributed by atoms with van der Waals surface area (Å²) in [7, 11) is 1.84. The lowest BCUT2D eigenvalue weighted by Crippen LogP contribution is -2.34. The third kappa shape index (κ3) is 1.93. The quantitative estimate of drug-likeness (QED) is 0.775. The molecule has 1 unspecified atom stereocenters. The molecule has 6 heteroatoms. The second-order valence-electron chi connectivity index (χ2n) is 4.34. The Morgan fingerprint density at radius 2 is 2.32 bits per heavy atom. The number of esters is 1. The van der Waals surface area contributed by atoms with E-state index in [1.165, 1.54) is 6.92 Å². The average Bonchev–Trinajstić information content (AvgIpc) is 2.80. The topological polar surface area (TPSA) is 80.8 Å². The number of nitrogens with zero attached hydrogens (tertiary/aromatic N) is 4. The van der Waals surface area contributed by atoms with Crippen molar-refractivity contribution in [2.45, 2.75) is 19.3 Å². The van der Waals surface area contributed by atoms with Gasteiger partial charge in [-0.3, -0.25) is 4.98 Å². The minimum Gasteiger partial charge on any atom is -0.465 e. The highest BCUT2D eigenvalue weighted by molar-refractivity contribution is 5.91. The summed E-state index contributed by atoms with van der Waals surface area (Å²) in [6.07, 6.45) is 3.19. The molecule has 0 N–H and O–H groups in total. The molecule has 98 valence electrons. The Hall–Kier alpha value is -2.42. The molecule has 6 nitrogen and oxygen atoms in total. The molecule has 0 aromatic carbocycles. The van der Waals surface area contributed by atoms with Gasteiger partial charge in [0.2, 0.25) is 0 Å². The Morgan fingerprint density at radius 1 is 1.58 bits per heavy atom. The zero-order valence-electron chi connectivity index (χ0n) is 11.0. The molecule has 0 aliphatic carbocycles. The first-order chi connectivity index (χ1) is 9.04. The zero-order valence-corrected chi connectivity index (χ0v) is 11.0. The normalized spacial score (nSPS) is 13.8. The van der Waals surface area contributed by atoms with E-state index in [2.05, 4.69) is 9.97 Å². The molecule has 0 amide bonds. The summed E-state index contributed by atoms with van der Waals surface area (Å²) in [5.74, 6) is -0.608. The van der Waals surface area contributed by atoms with Gasteiger partial charge in [-0.2, -0.15) is 5.26 Å². The molecule has 0 radical (unpaired) electrons. The Balaban J connectivity index is 2.65. The van der Waals surface area contributed by atoms with Crippen LogP contribution in [0.4, 0.5) is 0 Å². The van der Waals surface area contributed by atoms with Crippen LogP contribution in [0.25, 0.3) is 11.0 Å². The van der Waals surface area contributed by atoms with Crippen LogP contribution in [0.3, 0.4) is 0 Å². The van der Waals surface area contributed by atoms with Gasteiger partial charge < -0.3 is 9.30 Å². The number of hydrogen-bond donors (Lipinski definition) is 0. The van der Waals surface area contributed by atoms with E-state index in [4.69, 9.17) is 4.74 Å². The first kappa shape index (κ1) is 13.0. The summed E-state index contributed by atoms with van der Waals surface area (Å²) in [6.45, 7) is 3.42. The average molecular weight is 258 g/mol. The van der Waals surface area contributed by atoms with E-state index in [0.29, 0.717) is 11.2 Å². The standard InChI is InChI=1S/C13H14N4O2/c1-4-19-12(18)13(2,7-14)11-10-9(5-6-15-11)17(3)8-16-10/h5-6,8H,4H2,1-3H3. The van der Waals surface area contributed by atoms with Gasteiger partial charge in [0.25, 0.3) is 0 Å². The van der Waals surface area contributed by atoms with Crippen molar-refractivity contribution in [3.05, 3.63) is 24.3 Å². The van der Waals surface area contributed by atoms with Gasteiger partial charge in [-0.15, -0.1) is 0 Å². The van der Waals surface area contributed by atoms with Gasteiger partial charge in [-0.1, -0.05) is 0 Å². The van der Waals surface area contributed by atoms with Gasteiger partial charge in [0.05, 0.1) is 30.2 Å². The molecule has 0 aliphatic heterocycles. The van der Waals surface area contributed by atoms with E-state index < -0.39 is 11.4 Å².